The number of benzene rings is 20. The number of para-hydroxylation sites is 16. The average Bonchev–Trinajstić information content (AvgIpc) is 0.721. The summed E-state index contributed by atoms with van der Waals surface area (Å²) in [5.74, 6) is 0. The molecule has 0 radical (unpaired) electrons. The minimum atomic E-state index is -3.68. The summed E-state index contributed by atoms with van der Waals surface area (Å²) in [5.41, 5.74) is 18.9. The first-order valence-corrected chi connectivity index (χ1v) is 57.7. The lowest BCUT2D eigenvalue weighted by atomic mass is 10.1. The molecular weight excluding hydrogens is 2000 g/mol. The topological polar surface area (TPSA) is 231 Å². The normalized spacial score (nSPS) is 15.4. The fraction of sp³-hybridized carbons (Fsp3) is 0. The Labute approximate surface area is 865 Å². The highest BCUT2D eigenvalue weighted by Crippen LogP contribution is 2.59. The maximum atomic E-state index is 13.4. The monoisotopic (exact) mass is 2080 g/mol. The van der Waals surface area contributed by atoms with E-state index in [1.54, 1.807) is 146 Å². The largest absolute Gasteiger partial charge is 0.308 e. The summed E-state index contributed by atoms with van der Waals surface area (Å²) < 4.78 is 160. The Morgan fingerprint density at radius 3 is 0.392 bits per heavy atom. The molecule has 148 heavy (non-hydrogen) atoms. The third-order valence-corrected chi connectivity index (χ3v) is 40.4. The van der Waals surface area contributed by atoms with Crippen LogP contribution < -0.4 is 39.2 Å². The van der Waals surface area contributed by atoms with E-state index in [1.807, 2.05) is 317 Å². The number of hydrogen-bond donors (Lipinski definition) is 0. The van der Waals surface area contributed by atoms with Gasteiger partial charge in [0.25, 0.3) is 0 Å². The zero-order chi connectivity index (χ0) is 101. The second kappa shape index (κ2) is 36.7. The number of rotatable bonds is 8. The molecule has 20 nitrogen and oxygen atoms in total. The van der Waals surface area contributed by atoms with Gasteiger partial charge in [0, 0.05) is 45.5 Å². The number of nitrogens with zero attached hydrogens (tertiary/aromatic N) is 8. The van der Waals surface area contributed by atoms with Gasteiger partial charge in [-0.05, 0) is 279 Å². The molecule has 0 bridgehead atoms. The zero-order valence-corrected chi connectivity index (χ0v) is 84.5. The predicted octanol–water partition coefficient (Wildman–Crippen LogP) is 29.0. The van der Waals surface area contributed by atoms with Crippen LogP contribution >= 0.6 is 0 Å². The summed E-state index contributed by atoms with van der Waals surface area (Å²) in [6.45, 7) is 0. The summed E-state index contributed by atoms with van der Waals surface area (Å²) in [7, 11) is -19.6. The number of hydrogen-bond acceptors (Lipinski definition) is 20. The van der Waals surface area contributed by atoms with Crippen molar-refractivity contribution in [3.63, 3.8) is 0 Å². The van der Waals surface area contributed by atoms with Gasteiger partial charge in [0.1, 0.15) is 0 Å². The third-order valence-electron chi connectivity index (χ3n) is 27.0. The Kier molecular flexibility index (Phi) is 22.9. The Morgan fingerprint density at radius 1 is 0.122 bits per heavy atom. The quantitative estimate of drug-likeness (QED) is 0.138. The van der Waals surface area contributed by atoms with E-state index in [9.17, 15) is 50.5 Å². The maximum Gasteiger partial charge on any atom is 0.210 e. The highest BCUT2D eigenvalue weighted by Gasteiger charge is 2.43. The Morgan fingerprint density at radius 2 is 0.236 bits per heavy atom. The molecule has 28 heteroatoms. The molecule has 8 heterocycles. The van der Waals surface area contributed by atoms with Gasteiger partial charge in [-0.25, -0.2) is 50.5 Å². The van der Waals surface area contributed by atoms with Crippen LogP contribution in [-0.2, 0) is 82.5 Å². The fourth-order valence-corrected chi connectivity index (χ4v) is 32.4. The van der Waals surface area contributed by atoms with E-state index in [1.165, 1.54) is 0 Å². The molecule has 0 saturated heterocycles. The van der Waals surface area contributed by atoms with Gasteiger partial charge in [-0.15, -0.1) is 0 Å². The Bertz CT molecular complexity index is 8590. The second-order valence-corrected chi connectivity index (χ2v) is 48.5. The minimum Gasteiger partial charge on any atom is -0.308 e. The highest BCUT2D eigenvalue weighted by molar-refractivity contribution is 7.93. The van der Waals surface area contributed by atoms with Crippen LogP contribution in [0, 0.1) is 0 Å². The van der Waals surface area contributed by atoms with Gasteiger partial charge in [0.2, 0.25) is 39.3 Å². The summed E-state index contributed by atoms with van der Waals surface area (Å²) in [6.07, 6.45) is 0. The van der Waals surface area contributed by atoms with E-state index >= 15 is 0 Å². The molecule has 8 aliphatic rings. The van der Waals surface area contributed by atoms with E-state index in [0.29, 0.717) is 45.5 Å². The molecule has 20 aromatic rings. The van der Waals surface area contributed by atoms with Crippen molar-refractivity contribution in [1.82, 2.24) is 0 Å². The lowest BCUT2D eigenvalue weighted by Crippen LogP contribution is -2.23. The van der Waals surface area contributed by atoms with Crippen LogP contribution in [0.2, 0.25) is 0 Å². The first-order valence-electron chi connectivity index (χ1n) is 47.2. The number of anilines is 24. The molecule has 0 amide bonds. The molecule has 0 aromatic heterocycles. The maximum absolute atomic E-state index is 13.4. The summed E-state index contributed by atoms with van der Waals surface area (Å²) in [4.78, 5) is 24.9. The summed E-state index contributed by atoms with van der Waals surface area (Å²) in [6, 6.07) is 151. The minimum absolute atomic E-state index is 0.240. The van der Waals surface area contributed by atoms with E-state index in [2.05, 4.69) is 62.1 Å². The van der Waals surface area contributed by atoms with Crippen molar-refractivity contribution >= 4 is 219 Å². The lowest BCUT2D eigenvalue weighted by Gasteiger charge is -2.35. The van der Waals surface area contributed by atoms with Gasteiger partial charge in [0.15, 0.2) is 0 Å². The van der Waals surface area contributed by atoms with Crippen molar-refractivity contribution in [2.75, 3.05) is 39.2 Å². The summed E-state index contributed by atoms with van der Waals surface area (Å²) >= 11 is 0. The van der Waals surface area contributed by atoms with Crippen molar-refractivity contribution < 1.29 is 50.5 Å². The zero-order valence-electron chi connectivity index (χ0n) is 77.9. The van der Waals surface area contributed by atoms with Gasteiger partial charge >= 0.3 is 0 Å². The van der Waals surface area contributed by atoms with Crippen LogP contribution in [-0.4, -0.2) is 50.5 Å². The SMILES string of the molecule is O=S1(=O)c2ccccc2N(c2ccc(N3c4ccccc4S(=O)(=O)c4ccccc43)cc2)c2ccccc21.O=S1(=O)c2ccccc2N(c2cccc(N3c4ccccc4S(=O)(=O)c4ccccc43)c2)c2ccccc21.O=S1c2ccccc2N(c2ccc(N3c4ccccc4S(=O)c4ccccc43)cc2)c2ccccc21.O=S1c2ccccc2N(c2cccc(N3c4ccccc4S(=O)c4ccccc43)c2)c2ccccc21. The Balaban J connectivity index is 0.000000103. The molecule has 0 spiro atoms. The molecule has 0 N–H and O–H groups in total. The predicted molar refractivity (Wildman–Crippen MR) is 584 cm³/mol. The third kappa shape index (κ3) is 15.1. The first kappa shape index (κ1) is 92.3. The van der Waals surface area contributed by atoms with E-state index in [4.69, 9.17) is 0 Å². The van der Waals surface area contributed by atoms with Gasteiger partial charge in [-0.2, -0.15) is 0 Å². The van der Waals surface area contributed by atoms with Gasteiger partial charge in [-0.3, -0.25) is 0 Å². The van der Waals surface area contributed by atoms with E-state index < -0.39 is 82.5 Å². The highest BCUT2D eigenvalue weighted by atomic mass is 32.2. The number of sulfone groups is 4. The Hall–Kier alpha value is -16.8. The molecule has 0 unspecified atom stereocenters. The molecular formula is C120H80N8O12S8. The van der Waals surface area contributed by atoms with Gasteiger partial charge in [0.05, 0.1) is 213 Å². The second-order valence-electron chi connectivity index (χ2n) is 35.3. The van der Waals surface area contributed by atoms with Crippen molar-refractivity contribution in [2.45, 2.75) is 78.3 Å². The van der Waals surface area contributed by atoms with Crippen molar-refractivity contribution in [3.8, 4) is 0 Å². The van der Waals surface area contributed by atoms with Crippen LogP contribution in [0.4, 0.5) is 136 Å². The number of fused-ring (bicyclic) bond motifs is 16. The average molecular weight is 2080 g/mol. The van der Waals surface area contributed by atoms with Crippen molar-refractivity contribution in [3.05, 3.63) is 485 Å². The molecule has 8 aliphatic heterocycles. The smallest absolute Gasteiger partial charge is 0.210 e. The molecule has 0 fully saturated rings. The van der Waals surface area contributed by atoms with Gasteiger partial charge in [-0.1, -0.05) is 206 Å². The summed E-state index contributed by atoms with van der Waals surface area (Å²) in [5, 5.41) is 0. The molecule has 20 aromatic carbocycles. The molecule has 0 aliphatic carbocycles. The molecule has 0 saturated carbocycles. The van der Waals surface area contributed by atoms with Gasteiger partial charge < -0.3 is 39.2 Å². The fourth-order valence-electron chi connectivity index (χ4n) is 20.6. The van der Waals surface area contributed by atoms with Crippen LogP contribution in [0.15, 0.2) is 564 Å². The first-order chi connectivity index (χ1) is 72.2. The molecule has 28 rings (SSSR count). The van der Waals surface area contributed by atoms with Crippen LogP contribution in [0.5, 0.6) is 0 Å². The van der Waals surface area contributed by atoms with E-state index in [-0.39, 0.29) is 39.2 Å². The molecule has 720 valence electrons. The van der Waals surface area contributed by atoms with E-state index in [0.717, 1.165) is 130 Å². The van der Waals surface area contributed by atoms with Crippen LogP contribution in [0.25, 0.3) is 0 Å². The van der Waals surface area contributed by atoms with Crippen molar-refractivity contribution in [2.24, 2.45) is 0 Å². The lowest BCUT2D eigenvalue weighted by molar-refractivity contribution is 0.593. The molecule has 0 atom stereocenters. The van der Waals surface area contributed by atoms with Crippen LogP contribution in [0.3, 0.4) is 0 Å². The standard InChI is InChI=1S/2C30H20N2O4S2.2C30H20N2O2S2/c33-37(34)27-16-5-1-12-23(27)31(24-13-2-6-17-28(24)37)21-10-9-11-22(20-21)32-25-14-3-7-18-29(25)38(35,36)30-19-8-4-15-26(30)32;33-37(34)27-13-5-1-9-23(27)31(24-10-2-6-14-28(24)37)21-17-19-22(20-18-21)32-25-11-3-7-15-29(25)38(35,36)30-16-8-4-12-26(30)32;33-35-27-16-5-1-12-23(27)31(24-13-2-6-17-28(24)35)21-10-9-11-22(20-21)32-25-14-3-7-18-29(25)36(34)30-19-8-4-15-26(30)32;33-35-27-13-5-1-9-23(27)31(24-10-2-6-14-28(24)35)21-17-19-22(20-18-21)32-25-11-3-7-15-29(25)36(34)30-16-8-4-12-26(30)32/h2*1-20H;2*1-20H. The van der Waals surface area contributed by atoms with Crippen molar-refractivity contribution in [1.29, 1.82) is 0 Å². The van der Waals surface area contributed by atoms with Crippen LogP contribution in [0.1, 0.15) is 0 Å².